The number of nitrogens with one attached hydrogen (secondary N) is 2. The molecule has 1 amide bonds. The van der Waals surface area contributed by atoms with Crippen LogP contribution in [0, 0.1) is 18.7 Å². The molecule has 10 heteroatoms. The Morgan fingerprint density at radius 2 is 1.80 bits per heavy atom. The Labute approximate surface area is 240 Å². The van der Waals surface area contributed by atoms with Crippen molar-refractivity contribution in [1.29, 1.82) is 0 Å². The van der Waals surface area contributed by atoms with Gasteiger partial charge in [0, 0.05) is 67.2 Å². The molecule has 2 unspecified atom stereocenters. The number of fused-ring (bicyclic) bond motifs is 1. The summed E-state index contributed by atoms with van der Waals surface area (Å²) in [5, 5.41) is 3.81. The zero-order valence-electron chi connectivity index (χ0n) is 23.8. The number of rotatable bonds is 6. The molecule has 1 aromatic heterocycles. The van der Waals surface area contributed by atoms with E-state index in [4.69, 9.17) is 4.74 Å². The van der Waals surface area contributed by atoms with Gasteiger partial charge in [0.1, 0.15) is 12.2 Å². The van der Waals surface area contributed by atoms with Crippen LogP contribution in [0.25, 0.3) is 10.9 Å². The maximum atomic E-state index is 15.5. The van der Waals surface area contributed by atoms with E-state index in [1.807, 2.05) is 24.0 Å². The zero-order valence-corrected chi connectivity index (χ0v) is 23.8. The Hall–Kier alpha value is -3.92. The van der Waals surface area contributed by atoms with Crippen LogP contribution in [0.4, 0.5) is 15.8 Å². The highest BCUT2D eigenvalue weighted by molar-refractivity contribution is 6.13. The van der Waals surface area contributed by atoms with Crippen molar-refractivity contribution in [2.45, 2.75) is 39.3 Å². The fourth-order valence-corrected chi connectivity index (χ4v) is 5.96. The first-order valence-corrected chi connectivity index (χ1v) is 14.7. The van der Waals surface area contributed by atoms with Crippen molar-refractivity contribution in [2.24, 2.45) is 15.9 Å². The number of aromatic amines is 1. The van der Waals surface area contributed by atoms with E-state index >= 15 is 4.39 Å². The number of piperazine rings is 1. The fourth-order valence-electron chi connectivity index (χ4n) is 5.96. The number of carbonyl (C=O) groups excluding carboxylic acids is 1. The monoisotopic (exact) mass is 559 g/mol. The van der Waals surface area contributed by atoms with E-state index in [9.17, 15) is 4.79 Å². The van der Waals surface area contributed by atoms with Crippen molar-refractivity contribution >= 4 is 40.4 Å². The number of aliphatic imine (C=N–C) groups is 2. The van der Waals surface area contributed by atoms with E-state index in [0.29, 0.717) is 29.8 Å². The standard InChI is InChI=1S/C31H38FN7O2/c1-3-37-15-17-38(18-16-37)23-9-7-22(8-10-23)36-29-27(31(40)39-13-5-4-6-14-39)30(34-20-33-29)41-26-12-11-25-24(28(26)32)19-21(2)35-25/h7-12,19-20,27,30,35H,3-6,13-18H2,1-2H3,(H,33,34,36). The van der Waals surface area contributed by atoms with E-state index in [1.165, 1.54) is 12.0 Å². The van der Waals surface area contributed by atoms with Gasteiger partial charge in [-0.15, -0.1) is 0 Å². The smallest absolute Gasteiger partial charge is 0.239 e. The molecule has 2 aromatic carbocycles. The van der Waals surface area contributed by atoms with Gasteiger partial charge in [-0.2, -0.15) is 0 Å². The molecule has 0 saturated carbocycles. The van der Waals surface area contributed by atoms with Crippen molar-refractivity contribution < 1.29 is 13.9 Å². The summed E-state index contributed by atoms with van der Waals surface area (Å²) >= 11 is 0. The van der Waals surface area contributed by atoms with E-state index in [0.717, 1.165) is 63.4 Å². The number of H-pyrrole nitrogens is 1. The Balaban J connectivity index is 1.23. The third-order valence-corrected chi connectivity index (χ3v) is 8.33. The number of anilines is 2. The quantitative estimate of drug-likeness (QED) is 0.459. The van der Waals surface area contributed by atoms with E-state index in [-0.39, 0.29) is 11.7 Å². The van der Waals surface area contributed by atoms with Crippen molar-refractivity contribution in [3.05, 3.63) is 54.0 Å². The van der Waals surface area contributed by atoms with Gasteiger partial charge in [-0.3, -0.25) is 4.79 Å². The highest BCUT2D eigenvalue weighted by Gasteiger charge is 2.40. The average molecular weight is 560 g/mol. The number of hydrogen-bond donors (Lipinski definition) is 2. The van der Waals surface area contributed by atoms with Gasteiger partial charge in [0.15, 0.2) is 17.5 Å². The lowest BCUT2D eigenvalue weighted by atomic mass is 10.0. The van der Waals surface area contributed by atoms with Crippen molar-refractivity contribution in [1.82, 2.24) is 14.8 Å². The highest BCUT2D eigenvalue weighted by Crippen LogP contribution is 2.31. The highest BCUT2D eigenvalue weighted by atomic mass is 19.1. The SMILES string of the molecule is CCN1CCN(c2ccc(NC3=NC=NC(Oc4ccc5[nH]c(C)cc5c4F)C3C(=O)N3CCCCC3)cc2)CC1. The minimum atomic E-state index is -0.953. The lowest BCUT2D eigenvalue weighted by Gasteiger charge is -2.35. The molecule has 0 spiro atoms. The number of amidine groups is 1. The van der Waals surface area contributed by atoms with Gasteiger partial charge in [-0.25, -0.2) is 14.4 Å². The van der Waals surface area contributed by atoms with E-state index < -0.39 is 18.0 Å². The second kappa shape index (κ2) is 11.9. The molecule has 2 saturated heterocycles. The molecule has 0 radical (unpaired) electrons. The molecule has 41 heavy (non-hydrogen) atoms. The number of hydrogen-bond acceptors (Lipinski definition) is 7. The number of likely N-dealkylation sites (N-methyl/N-ethyl adjacent to an activating group) is 1. The maximum absolute atomic E-state index is 15.5. The number of ether oxygens (including phenoxy) is 1. The number of aryl methyl sites for hydroxylation is 1. The van der Waals surface area contributed by atoms with Crippen LogP contribution in [0.1, 0.15) is 31.9 Å². The maximum Gasteiger partial charge on any atom is 0.239 e. The predicted molar refractivity (Wildman–Crippen MR) is 162 cm³/mol. The number of likely N-dealkylation sites (tertiary alicyclic amines) is 1. The number of halogens is 1. The van der Waals surface area contributed by atoms with Crippen molar-refractivity contribution in [2.75, 3.05) is 56.0 Å². The normalized spacial score (nSPS) is 21.7. The van der Waals surface area contributed by atoms with Crippen LogP contribution in [0.2, 0.25) is 0 Å². The van der Waals surface area contributed by atoms with Gasteiger partial charge in [-0.05, 0) is 75.2 Å². The van der Waals surface area contributed by atoms with Gasteiger partial charge in [0.25, 0.3) is 0 Å². The minimum Gasteiger partial charge on any atom is -0.464 e. The second-order valence-electron chi connectivity index (χ2n) is 11.0. The number of carbonyl (C=O) groups is 1. The van der Waals surface area contributed by atoms with Crippen LogP contribution < -0.4 is 15.0 Å². The third-order valence-electron chi connectivity index (χ3n) is 8.33. The lowest BCUT2D eigenvalue weighted by Crippen LogP contribution is -2.50. The van der Waals surface area contributed by atoms with Crippen molar-refractivity contribution in [3.63, 3.8) is 0 Å². The molecule has 9 nitrogen and oxygen atoms in total. The Bertz CT molecular complexity index is 1440. The van der Waals surface area contributed by atoms with Crippen LogP contribution in [0.3, 0.4) is 0 Å². The largest absolute Gasteiger partial charge is 0.464 e. The summed E-state index contributed by atoms with van der Waals surface area (Å²) in [6.45, 7) is 10.6. The summed E-state index contributed by atoms with van der Waals surface area (Å²) in [4.78, 5) is 32.7. The number of piperidine rings is 1. The first kappa shape index (κ1) is 27.3. The molecule has 3 aliphatic heterocycles. The topological polar surface area (TPSA) is 88.6 Å². The number of aromatic nitrogens is 1. The second-order valence-corrected chi connectivity index (χ2v) is 11.0. The summed E-state index contributed by atoms with van der Waals surface area (Å²) in [5.74, 6) is -0.906. The molecule has 2 fully saturated rings. The molecule has 0 bridgehead atoms. The van der Waals surface area contributed by atoms with Gasteiger partial charge in [0.2, 0.25) is 12.1 Å². The van der Waals surface area contributed by atoms with Crippen LogP contribution in [-0.2, 0) is 4.79 Å². The molecule has 2 atom stereocenters. The third kappa shape index (κ3) is 5.79. The molecular formula is C31H38FN7O2. The number of nitrogens with zero attached hydrogens (tertiary/aromatic N) is 5. The fraction of sp³-hybridized carbons (Fsp3) is 0.452. The number of amides is 1. The summed E-state index contributed by atoms with van der Waals surface area (Å²) < 4.78 is 21.6. The molecule has 2 N–H and O–H groups in total. The van der Waals surface area contributed by atoms with Crippen LogP contribution in [-0.4, -0.2) is 84.9 Å². The zero-order chi connectivity index (χ0) is 28.3. The van der Waals surface area contributed by atoms with Gasteiger partial charge in [0.05, 0.1) is 0 Å². The summed E-state index contributed by atoms with van der Waals surface area (Å²) in [5.41, 5.74) is 3.55. The molecule has 4 heterocycles. The summed E-state index contributed by atoms with van der Waals surface area (Å²) in [6, 6.07) is 13.3. The predicted octanol–water partition coefficient (Wildman–Crippen LogP) is 4.64. The van der Waals surface area contributed by atoms with Crippen molar-refractivity contribution in [3.8, 4) is 5.75 Å². The Kier molecular flexibility index (Phi) is 7.91. The molecule has 3 aromatic rings. The van der Waals surface area contributed by atoms with Gasteiger partial charge in [-0.1, -0.05) is 6.92 Å². The van der Waals surface area contributed by atoms with Gasteiger partial charge >= 0.3 is 0 Å². The summed E-state index contributed by atoms with van der Waals surface area (Å²) in [7, 11) is 0. The van der Waals surface area contributed by atoms with Crippen LogP contribution in [0.15, 0.2) is 52.4 Å². The average Bonchev–Trinajstić information content (AvgIpc) is 3.40. The minimum absolute atomic E-state index is 0.0591. The van der Waals surface area contributed by atoms with E-state index in [2.05, 4.69) is 49.1 Å². The molecule has 0 aliphatic carbocycles. The molecule has 216 valence electrons. The van der Waals surface area contributed by atoms with Crippen LogP contribution >= 0.6 is 0 Å². The van der Waals surface area contributed by atoms with Gasteiger partial charge < -0.3 is 29.7 Å². The molecule has 6 rings (SSSR count). The summed E-state index contributed by atoms with van der Waals surface area (Å²) in [6.07, 6.45) is 3.46. The van der Waals surface area contributed by atoms with Crippen LogP contribution in [0.5, 0.6) is 5.75 Å². The first-order chi connectivity index (χ1) is 20.0. The number of benzene rings is 2. The molecule has 3 aliphatic rings. The molecular weight excluding hydrogens is 521 g/mol. The Morgan fingerprint density at radius 3 is 2.54 bits per heavy atom. The Morgan fingerprint density at radius 1 is 1.05 bits per heavy atom. The lowest BCUT2D eigenvalue weighted by molar-refractivity contribution is -0.136. The van der Waals surface area contributed by atoms with E-state index in [1.54, 1.807) is 18.2 Å². The first-order valence-electron chi connectivity index (χ1n) is 14.7.